The number of halogens is 1. The van der Waals surface area contributed by atoms with E-state index in [2.05, 4.69) is 6.58 Å². The van der Waals surface area contributed by atoms with Crippen molar-refractivity contribution in [2.24, 2.45) is 0 Å². The number of benzene rings is 1. The van der Waals surface area contributed by atoms with E-state index in [9.17, 15) is 20.0 Å². The van der Waals surface area contributed by atoms with Crippen LogP contribution >= 0.6 is 11.6 Å². The summed E-state index contributed by atoms with van der Waals surface area (Å²) in [6, 6.07) is 3.83. The van der Waals surface area contributed by atoms with Crippen molar-refractivity contribution < 1.29 is 14.8 Å². The van der Waals surface area contributed by atoms with E-state index >= 15 is 0 Å². The highest BCUT2D eigenvalue weighted by molar-refractivity contribution is 6.30. The van der Waals surface area contributed by atoms with Crippen molar-refractivity contribution in [3.63, 3.8) is 0 Å². The van der Waals surface area contributed by atoms with Crippen molar-refractivity contribution in [1.82, 2.24) is 0 Å². The molecule has 0 amide bonds. The zero-order valence-corrected chi connectivity index (χ0v) is 9.77. The minimum absolute atomic E-state index is 0.000370. The van der Waals surface area contributed by atoms with E-state index in [0.717, 1.165) is 6.07 Å². The van der Waals surface area contributed by atoms with Crippen LogP contribution in [0.1, 0.15) is 18.6 Å². The summed E-state index contributed by atoms with van der Waals surface area (Å²) in [7, 11) is 0. The molecule has 5 nitrogen and oxygen atoms in total. The summed E-state index contributed by atoms with van der Waals surface area (Å²) < 4.78 is 0. The van der Waals surface area contributed by atoms with E-state index in [4.69, 9.17) is 11.6 Å². The molecule has 0 radical (unpaired) electrons. The van der Waals surface area contributed by atoms with Crippen molar-refractivity contribution in [2.75, 3.05) is 0 Å². The number of carbonyl (C=O) groups excluding carboxylic acids is 1. The molecular formula is C11H10ClNO4. The van der Waals surface area contributed by atoms with Crippen molar-refractivity contribution in [3.05, 3.63) is 51.1 Å². The number of aliphatic hydroxyl groups is 1. The third-order valence-corrected chi connectivity index (χ3v) is 2.50. The first-order chi connectivity index (χ1) is 7.84. The number of hydrogen-bond donors (Lipinski definition) is 1. The van der Waals surface area contributed by atoms with Crippen molar-refractivity contribution in [3.8, 4) is 0 Å². The fraction of sp³-hybridized carbons (Fsp3) is 0.182. The van der Waals surface area contributed by atoms with E-state index in [0.29, 0.717) is 0 Å². The van der Waals surface area contributed by atoms with Gasteiger partial charge in [0, 0.05) is 16.7 Å². The van der Waals surface area contributed by atoms with Gasteiger partial charge in [-0.1, -0.05) is 18.2 Å². The second-order valence-corrected chi connectivity index (χ2v) is 3.88. The number of nitro groups is 1. The van der Waals surface area contributed by atoms with Gasteiger partial charge in [0.1, 0.15) is 6.10 Å². The standard InChI is InChI=1S/C11H10ClNO4/c1-6(7(2)14)11(15)9-4-3-8(12)5-10(9)13(16)17/h3-5,11,15H,1H2,2H3. The first-order valence-corrected chi connectivity index (χ1v) is 5.04. The van der Waals surface area contributed by atoms with Gasteiger partial charge < -0.3 is 5.11 Å². The summed E-state index contributed by atoms with van der Waals surface area (Å²) >= 11 is 5.63. The molecular weight excluding hydrogens is 246 g/mol. The number of nitrogens with zero attached hydrogens (tertiary/aromatic N) is 1. The number of Topliss-reactive ketones (excluding diaryl/α,β-unsaturated/α-hetero) is 1. The predicted octanol–water partition coefficient (Wildman–Crippen LogP) is 2.43. The van der Waals surface area contributed by atoms with Gasteiger partial charge in [-0.25, -0.2) is 0 Å². The first-order valence-electron chi connectivity index (χ1n) is 4.66. The maximum atomic E-state index is 11.1. The summed E-state index contributed by atoms with van der Waals surface area (Å²) in [4.78, 5) is 21.2. The highest BCUT2D eigenvalue weighted by Crippen LogP contribution is 2.31. The van der Waals surface area contributed by atoms with Crippen LogP contribution in [0.25, 0.3) is 0 Å². The van der Waals surface area contributed by atoms with E-state index < -0.39 is 16.8 Å². The lowest BCUT2D eigenvalue weighted by molar-refractivity contribution is -0.386. The summed E-state index contributed by atoms with van der Waals surface area (Å²) in [6.45, 7) is 4.63. The Morgan fingerprint density at radius 2 is 2.18 bits per heavy atom. The molecule has 0 saturated heterocycles. The van der Waals surface area contributed by atoms with Crippen LogP contribution in [-0.2, 0) is 4.79 Å². The molecule has 1 rings (SSSR count). The van der Waals surface area contributed by atoms with Gasteiger partial charge >= 0.3 is 0 Å². The van der Waals surface area contributed by atoms with Gasteiger partial charge in [0.2, 0.25) is 0 Å². The normalized spacial score (nSPS) is 11.9. The van der Waals surface area contributed by atoms with Gasteiger partial charge in [0.15, 0.2) is 5.78 Å². The molecule has 0 heterocycles. The monoisotopic (exact) mass is 255 g/mol. The lowest BCUT2D eigenvalue weighted by Gasteiger charge is -2.12. The quantitative estimate of drug-likeness (QED) is 0.509. The number of carbonyl (C=O) groups is 1. The van der Waals surface area contributed by atoms with E-state index in [1.54, 1.807) is 0 Å². The van der Waals surface area contributed by atoms with Gasteiger partial charge in [-0.15, -0.1) is 0 Å². The number of rotatable bonds is 4. The van der Waals surface area contributed by atoms with Crippen LogP contribution in [0.15, 0.2) is 30.4 Å². The van der Waals surface area contributed by atoms with Gasteiger partial charge in [0.05, 0.1) is 10.5 Å². The van der Waals surface area contributed by atoms with E-state index in [1.165, 1.54) is 19.1 Å². The fourth-order valence-corrected chi connectivity index (χ4v) is 1.45. The van der Waals surface area contributed by atoms with Crippen LogP contribution in [0.3, 0.4) is 0 Å². The van der Waals surface area contributed by atoms with Crippen LogP contribution in [-0.4, -0.2) is 15.8 Å². The largest absolute Gasteiger partial charge is 0.383 e. The molecule has 0 aliphatic heterocycles. The van der Waals surface area contributed by atoms with Crippen LogP contribution in [0.2, 0.25) is 5.02 Å². The van der Waals surface area contributed by atoms with Crippen molar-refractivity contribution >= 4 is 23.1 Å². The highest BCUT2D eigenvalue weighted by atomic mass is 35.5. The number of ketones is 1. The Kier molecular flexibility index (Phi) is 3.98. The summed E-state index contributed by atoms with van der Waals surface area (Å²) in [5.41, 5.74) is -0.442. The van der Waals surface area contributed by atoms with E-state index in [-0.39, 0.29) is 21.8 Å². The molecule has 17 heavy (non-hydrogen) atoms. The third kappa shape index (κ3) is 2.89. The Morgan fingerprint density at radius 1 is 1.59 bits per heavy atom. The minimum atomic E-state index is -1.40. The second-order valence-electron chi connectivity index (χ2n) is 3.44. The smallest absolute Gasteiger partial charge is 0.277 e. The molecule has 1 aromatic carbocycles. The molecule has 0 spiro atoms. The SMILES string of the molecule is C=C(C(C)=O)C(O)c1ccc(Cl)cc1[N+](=O)[O-]. The zero-order valence-electron chi connectivity index (χ0n) is 9.01. The molecule has 1 aromatic rings. The molecule has 6 heteroatoms. The Bertz CT molecular complexity index is 498. The van der Waals surface area contributed by atoms with Crippen molar-refractivity contribution in [2.45, 2.75) is 13.0 Å². The molecule has 0 aromatic heterocycles. The van der Waals surface area contributed by atoms with Gasteiger partial charge in [-0.05, 0) is 19.1 Å². The molecule has 0 fully saturated rings. The first kappa shape index (κ1) is 13.3. The summed E-state index contributed by atoms with van der Waals surface area (Å²) in [6.07, 6.45) is -1.40. The molecule has 0 aliphatic carbocycles. The number of hydrogen-bond acceptors (Lipinski definition) is 4. The predicted molar refractivity (Wildman–Crippen MR) is 62.9 cm³/mol. The average molecular weight is 256 g/mol. The number of aliphatic hydroxyl groups excluding tert-OH is 1. The second kappa shape index (κ2) is 5.07. The maximum absolute atomic E-state index is 11.1. The van der Waals surface area contributed by atoms with Gasteiger partial charge in [0.25, 0.3) is 5.69 Å². The number of nitro benzene ring substituents is 1. The Labute approximate surface area is 102 Å². The summed E-state index contributed by atoms with van der Waals surface area (Å²) in [5, 5.41) is 20.8. The Hall–Kier alpha value is -1.72. The maximum Gasteiger partial charge on any atom is 0.277 e. The molecule has 0 aliphatic rings. The Morgan fingerprint density at radius 3 is 2.65 bits per heavy atom. The van der Waals surface area contributed by atoms with Gasteiger partial charge in [-0.2, -0.15) is 0 Å². The zero-order chi connectivity index (χ0) is 13.2. The fourth-order valence-electron chi connectivity index (χ4n) is 1.29. The topological polar surface area (TPSA) is 80.4 Å². The third-order valence-electron chi connectivity index (χ3n) is 2.27. The molecule has 90 valence electrons. The Balaban J connectivity index is 3.26. The van der Waals surface area contributed by atoms with Crippen LogP contribution in [0, 0.1) is 10.1 Å². The van der Waals surface area contributed by atoms with Gasteiger partial charge in [-0.3, -0.25) is 14.9 Å². The molecule has 1 N–H and O–H groups in total. The van der Waals surface area contributed by atoms with E-state index in [1.807, 2.05) is 0 Å². The van der Waals surface area contributed by atoms with Crippen molar-refractivity contribution in [1.29, 1.82) is 0 Å². The minimum Gasteiger partial charge on any atom is -0.383 e. The lowest BCUT2D eigenvalue weighted by Crippen LogP contribution is -2.09. The molecule has 1 unspecified atom stereocenters. The average Bonchev–Trinajstić information content (AvgIpc) is 2.26. The summed E-state index contributed by atoms with van der Waals surface area (Å²) in [5.74, 6) is -0.429. The molecule has 0 bridgehead atoms. The molecule has 1 atom stereocenters. The van der Waals surface area contributed by atoms with Crippen LogP contribution in [0.5, 0.6) is 0 Å². The van der Waals surface area contributed by atoms with Crippen LogP contribution in [0.4, 0.5) is 5.69 Å². The molecule has 0 saturated carbocycles. The lowest BCUT2D eigenvalue weighted by atomic mass is 9.99. The van der Waals surface area contributed by atoms with Crippen LogP contribution < -0.4 is 0 Å². The highest BCUT2D eigenvalue weighted by Gasteiger charge is 2.24.